The summed E-state index contributed by atoms with van der Waals surface area (Å²) in [6, 6.07) is 0.0145. The summed E-state index contributed by atoms with van der Waals surface area (Å²) in [6.07, 6.45) is 5.16. The van der Waals surface area contributed by atoms with Gasteiger partial charge < -0.3 is 5.32 Å². The van der Waals surface area contributed by atoms with Crippen LogP contribution in [0.4, 0.5) is 0 Å². The van der Waals surface area contributed by atoms with Crippen LogP contribution in [0, 0.1) is 5.92 Å². The molecule has 0 spiro atoms. The lowest BCUT2D eigenvalue weighted by Crippen LogP contribution is -2.41. The molecule has 2 aliphatic rings. The average Bonchev–Trinajstić information content (AvgIpc) is 3.03. The van der Waals surface area contributed by atoms with Crippen LogP contribution < -0.4 is 10.5 Å². The number of carbonyl (C=O) groups is 1. The summed E-state index contributed by atoms with van der Waals surface area (Å²) >= 11 is 0. The number of rotatable bonds is 5. The predicted octanol–water partition coefficient (Wildman–Crippen LogP) is 0.853. The van der Waals surface area contributed by atoms with Crippen LogP contribution in [0.2, 0.25) is 0 Å². The fourth-order valence-electron chi connectivity index (χ4n) is 2.77. The van der Waals surface area contributed by atoms with Crippen LogP contribution in [0.1, 0.15) is 61.1 Å². The number of nitrogens with zero attached hydrogens (tertiary/aromatic N) is 1. The van der Waals surface area contributed by atoms with Gasteiger partial charge in [0.05, 0.1) is 5.69 Å². The van der Waals surface area contributed by atoms with Crippen molar-refractivity contribution < 1.29 is 13.2 Å². The van der Waals surface area contributed by atoms with Crippen molar-refractivity contribution >= 4 is 15.9 Å². The van der Waals surface area contributed by atoms with Crippen LogP contribution in [-0.4, -0.2) is 30.6 Å². The van der Waals surface area contributed by atoms with Gasteiger partial charge in [-0.25, -0.2) is 13.6 Å². The summed E-state index contributed by atoms with van der Waals surface area (Å²) in [4.78, 5) is 12.2. The first-order chi connectivity index (χ1) is 9.88. The van der Waals surface area contributed by atoms with Crippen LogP contribution in [0.5, 0.6) is 0 Å². The number of sulfonamides is 1. The molecular weight excluding hydrogens is 292 g/mol. The molecule has 2 saturated carbocycles. The van der Waals surface area contributed by atoms with Crippen molar-refractivity contribution in [2.24, 2.45) is 11.1 Å². The van der Waals surface area contributed by atoms with Crippen molar-refractivity contribution in [2.75, 3.05) is 0 Å². The van der Waals surface area contributed by atoms with Crippen LogP contribution >= 0.6 is 0 Å². The number of carbonyl (C=O) groups excluding carboxylic acids is 1. The largest absolute Gasteiger partial charge is 0.348 e. The Labute approximate surface area is 123 Å². The number of nitrogens with one attached hydrogen (secondary N) is 2. The molecule has 1 aromatic heterocycles. The Morgan fingerprint density at radius 1 is 1.38 bits per heavy atom. The molecule has 1 atom stereocenters. The topological polar surface area (TPSA) is 118 Å². The van der Waals surface area contributed by atoms with E-state index in [1.165, 1.54) is 6.42 Å². The molecule has 4 N–H and O–H groups in total. The number of hydrogen-bond donors (Lipinski definition) is 3. The zero-order valence-electron chi connectivity index (χ0n) is 11.9. The van der Waals surface area contributed by atoms with E-state index >= 15 is 0 Å². The molecule has 1 heterocycles. The summed E-state index contributed by atoms with van der Waals surface area (Å²) in [5.74, 6) is 0.117. The highest BCUT2D eigenvalue weighted by atomic mass is 32.2. The fraction of sp³-hybridized carbons (Fsp3) is 0.692. The van der Waals surface area contributed by atoms with Crippen LogP contribution in [0.3, 0.4) is 0 Å². The van der Waals surface area contributed by atoms with Gasteiger partial charge in [-0.05, 0) is 38.5 Å². The molecule has 0 aromatic carbocycles. The molecule has 3 rings (SSSR count). The molecule has 0 aliphatic heterocycles. The molecule has 0 saturated heterocycles. The van der Waals surface area contributed by atoms with E-state index in [0.717, 1.165) is 25.7 Å². The predicted molar refractivity (Wildman–Crippen MR) is 76.2 cm³/mol. The van der Waals surface area contributed by atoms with Crippen molar-refractivity contribution in [2.45, 2.75) is 55.9 Å². The van der Waals surface area contributed by atoms with E-state index in [9.17, 15) is 13.2 Å². The average molecular weight is 312 g/mol. The number of amides is 1. The minimum absolute atomic E-state index is 0.0145. The Bertz CT molecular complexity index is 659. The van der Waals surface area contributed by atoms with Crippen molar-refractivity contribution in [3.05, 3.63) is 11.4 Å². The van der Waals surface area contributed by atoms with Gasteiger partial charge in [0.2, 0.25) is 10.0 Å². The number of aromatic nitrogens is 2. The van der Waals surface area contributed by atoms with Gasteiger partial charge in [0.15, 0.2) is 5.69 Å². The standard InChI is InChI=1S/C13H20N4O3S/c1-7(8-3-2-4-8)15-13(18)11-12(21(14,19)20)10(16-17-11)9-5-6-9/h7-9H,2-6H2,1H3,(H,15,18)(H,16,17)(H2,14,19,20). The van der Waals surface area contributed by atoms with Crippen molar-refractivity contribution in [1.29, 1.82) is 0 Å². The Morgan fingerprint density at radius 2 is 2.05 bits per heavy atom. The summed E-state index contributed by atoms with van der Waals surface area (Å²) < 4.78 is 23.6. The fourth-order valence-corrected chi connectivity index (χ4v) is 3.70. The van der Waals surface area contributed by atoms with Crippen LogP contribution in [0.25, 0.3) is 0 Å². The number of hydrogen-bond acceptors (Lipinski definition) is 4. The number of aromatic amines is 1. The van der Waals surface area contributed by atoms with E-state index in [0.29, 0.717) is 11.6 Å². The molecule has 1 unspecified atom stereocenters. The SMILES string of the molecule is CC(NC(=O)c1n[nH]c(C2CC2)c1S(N)(=O)=O)C1CCC1. The third-order valence-electron chi connectivity index (χ3n) is 4.45. The zero-order chi connectivity index (χ0) is 15.2. The van der Waals surface area contributed by atoms with Gasteiger partial charge in [-0.3, -0.25) is 9.89 Å². The second-order valence-electron chi connectivity index (χ2n) is 6.09. The van der Waals surface area contributed by atoms with E-state index in [1.807, 2.05) is 6.92 Å². The third-order valence-corrected chi connectivity index (χ3v) is 5.43. The van der Waals surface area contributed by atoms with Gasteiger partial charge in [0, 0.05) is 12.0 Å². The van der Waals surface area contributed by atoms with Gasteiger partial charge in [0.1, 0.15) is 4.90 Å². The highest BCUT2D eigenvalue weighted by molar-refractivity contribution is 7.89. The second-order valence-corrected chi connectivity index (χ2v) is 7.59. The molecule has 7 nitrogen and oxygen atoms in total. The van der Waals surface area contributed by atoms with E-state index in [4.69, 9.17) is 5.14 Å². The van der Waals surface area contributed by atoms with Gasteiger partial charge in [0.25, 0.3) is 5.91 Å². The Morgan fingerprint density at radius 3 is 2.52 bits per heavy atom. The lowest BCUT2D eigenvalue weighted by atomic mass is 9.80. The van der Waals surface area contributed by atoms with E-state index in [1.54, 1.807) is 0 Å². The van der Waals surface area contributed by atoms with Gasteiger partial charge in [-0.2, -0.15) is 5.10 Å². The monoisotopic (exact) mass is 312 g/mol. The van der Waals surface area contributed by atoms with Gasteiger partial charge in [-0.15, -0.1) is 0 Å². The molecule has 2 fully saturated rings. The molecule has 116 valence electrons. The maximum Gasteiger partial charge on any atom is 0.273 e. The van der Waals surface area contributed by atoms with Gasteiger partial charge >= 0.3 is 0 Å². The van der Waals surface area contributed by atoms with Crippen LogP contribution in [0.15, 0.2) is 4.90 Å². The van der Waals surface area contributed by atoms with E-state index < -0.39 is 15.9 Å². The quantitative estimate of drug-likeness (QED) is 0.747. The van der Waals surface area contributed by atoms with Crippen LogP contribution in [-0.2, 0) is 10.0 Å². The first-order valence-corrected chi connectivity index (χ1v) is 8.84. The second kappa shape index (κ2) is 5.10. The lowest BCUT2D eigenvalue weighted by molar-refractivity contribution is 0.0900. The summed E-state index contributed by atoms with van der Waals surface area (Å²) in [6.45, 7) is 1.94. The minimum Gasteiger partial charge on any atom is -0.348 e. The Balaban J connectivity index is 1.85. The van der Waals surface area contributed by atoms with Crippen molar-refractivity contribution in [3.63, 3.8) is 0 Å². The molecule has 1 aromatic rings. The van der Waals surface area contributed by atoms with Crippen molar-refractivity contribution in [3.8, 4) is 0 Å². The number of primary sulfonamides is 1. The molecular formula is C13H20N4O3S. The molecule has 8 heteroatoms. The molecule has 1 amide bonds. The number of H-pyrrole nitrogens is 1. The normalized spacial score (nSPS) is 20.9. The Hall–Kier alpha value is -1.41. The van der Waals surface area contributed by atoms with Crippen molar-refractivity contribution in [1.82, 2.24) is 15.5 Å². The smallest absolute Gasteiger partial charge is 0.273 e. The molecule has 0 radical (unpaired) electrons. The van der Waals surface area contributed by atoms with Gasteiger partial charge in [-0.1, -0.05) is 6.42 Å². The zero-order valence-corrected chi connectivity index (χ0v) is 12.7. The Kier molecular flexibility index (Phi) is 3.53. The first-order valence-electron chi connectivity index (χ1n) is 7.30. The summed E-state index contributed by atoms with van der Waals surface area (Å²) in [5, 5.41) is 14.7. The molecule has 21 heavy (non-hydrogen) atoms. The summed E-state index contributed by atoms with van der Waals surface area (Å²) in [7, 11) is -3.97. The first kappa shape index (κ1) is 14.5. The lowest BCUT2D eigenvalue weighted by Gasteiger charge is -2.31. The third kappa shape index (κ3) is 2.82. The summed E-state index contributed by atoms with van der Waals surface area (Å²) in [5.41, 5.74) is 0.365. The van der Waals surface area contributed by atoms with E-state index in [2.05, 4.69) is 15.5 Å². The highest BCUT2D eigenvalue weighted by Crippen LogP contribution is 2.42. The highest BCUT2D eigenvalue weighted by Gasteiger charge is 2.36. The maximum absolute atomic E-state index is 12.3. The minimum atomic E-state index is -3.97. The van der Waals surface area contributed by atoms with E-state index in [-0.39, 0.29) is 22.5 Å². The number of nitrogens with two attached hydrogens (primary N) is 1. The molecule has 0 bridgehead atoms. The molecule has 2 aliphatic carbocycles. The maximum atomic E-state index is 12.3.